The molecule has 170 valence electrons. The minimum Gasteiger partial charge on any atom is -0.466 e. The molecule has 1 saturated carbocycles. The molecule has 3 aromatic rings. The number of para-hydroxylation sites is 1. The fraction of sp³-hybridized carbons (Fsp3) is 0.462. The number of esters is 1. The zero-order valence-corrected chi connectivity index (χ0v) is 19.6. The zero-order valence-electron chi connectivity index (χ0n) is 18.8. The minimum atomic E-state index is -0.0675. The van der Waals surface area contributed by atoms with E-state index in [-0.39, 0.29) is 5.97 Å². The third-order valence-corrected chi connectivity index (χ3v) is 6.70. The number of thiazole rings is 1. The number of hydrogen-bond acceptors (Lipinski definition) is 6. The van der Waals surface area contributed by atoms with Gasteiger partial charge in [-0.1, -0.05) is 42.0 Å². The van der Waals surface area contributed by atoms with Crippen LogP contribution in [-0.2, 0) is 16.0 Å². The van der Waals surface area contributed by atoms with Crippen LogP contribution < -0.4 is 4.74 Å². The largest absolute Gasteiger partial charge is 0.466 e. The first-order chi connectivity index (χ1) is 15.7. The van der Waals surface area contributed by atoms with Crippen LogP contribution in [0.4, 0.5) is 0 Å². The van der Waals surface area contributed by atoms with E-state index in [0.29, 0.717) is 18.2 Å². The molecule has 0 bridgehead atoms. The average Bonchev–Trinajstić information content (AvgIpc) is 3.56. The summed E-state index contributed by atoms with van der Waals surface area (Å²) >= 11 is 1.57. The molecular weight excluding hydrogens is 420 g/mol. The van der Waals surface area contributed by atoms with Crippen LogP contribution in [0.3, 0.4) is 0 Å². The van der Waals surface area contributed by atoms with Crippen molar-refractivity contribution in [3.63, 3.8) is 0 Å². The molecular formula is C26H32N2O3S. The van der Waals surface area contributed by atoms with Crippen molar-refractivity contribution in [2.75, 3.05) is 19.7 Å². The summed E-state index contributed by atoms with van der Waals surface area (Å²) < 4.78 is 12.1. The molecule has 0 aliphatic heterocycles. The molecule has 0 N–H and O–H groups in total. The Labute approximate surface area is 194 Å². The molecule has 2 aromatic carbocycles. The molecule has 6 heteroatoms. The zero-order chi connectivity index (χ0) is 22.2. The van der Waals surface area contributed by atoms with E-state index in [1.807, 2.05) is 37.3 Å². The number of carbonyl (C=O) groups is 1. The second-order valence-electron chi connectivity index (χ2n) is 8.33. The van der Waals surface area contributed by atoms with Crippen molar-refractivity contribution in [1.29, 1.82) is 0 Å². The van der Waals surface area contributed by atoms with Gasteiger partial charge in [-0.05, 0) is 75.4 Å². The predicted octanol–water partition coefficient (Wildman–Crippen LogP) is 6.22. The molecule has 0 unspecified atom stereocenters. The van der Waals surface area contributed by atoms with E-state index >= 15 is 0 Å². The van der Waals surface area contributed by atoms with Crippen LogP contribution in [0.1, 0.15) is 51.0 Å². The van der Waals surface area contributed by atoms with Crippen LogP contribution in [0.2, 0.25) is 0 Å². The summed E-state index contributed by atoms with van der Waals surface area (Å²) in [5.41, 5.74) is 2.31. The molecule has 32 heavy (non-hydrogen) atoms. The Balaban J connectivity index is 1.20. The van der Waals surface area contributed by atoms with Crippen molar-refractivity contribution in [1.82, 2.24) is 9.88 Å². The van der Waals surface area contributed by atoms with Crippen LogP contribution in [0.5, 0.6) is 10.9 Å². The second-order valence-corrected chi connectivity index (χ2v) is 9.32. The van der Waals surface area contributed by atoms with Crippen molar-refractivity contribution in [2.45, 2.75) is 57.9 Å². The summed E-state index contributed by atoms with van der Waals surface area (Å²) in [6.07, 6.45) is 7.37. The van der Waals surface area contributed by atoms with Crippen molar-refractivity contribution < 1.29 is 14.3 Å². The van der Waals surface area contributed by atoms with E-state index in [1.165, 1.54) is 18.4 Å². The molecule has 5 nitrogen and oxygen atoms in total. The number of hydrogen-bond donors (Lipinski definition) is 0. The van der Waals surface area contributed by atoms with Gasteiger partial charge in [0.2, 0.25) is 0 Å². The number of aromatic nitrogens is 1. The van der Waals surface area contributed by atoms with Crippen LogP contribution in [0.15, 0.2) is 48.5 Å². The number of fused-ring (bicyclic) bond motifs is 1. The highest BCUT2D eigenvalue weighted by atomic mass is 32.1. The average molecular weight is 453 g/mol. The molecule has 1 fully saturated rings. The van der Waals surface area contributed by atoms with Gasteiger partial charge >= 0.3 is 5.97 Å². The smallest absolute Gasteiger partial charge is 0.305 e. The number of ether oxygens (including phenoxy) is 2. The summed E-state index contributed by atoms with van der Waals surface area (Å²) in [6, 6.07) is 17.2. The van der Waals surface area contributed by atoms with Crippen LogP contribution in [0.25, 0.3) is 10.2 Å². The summed E-state index contributed by atoms with van der Waals surface area (Å²) in [7, 11) is 0. The molecule has 1 aliphatic rings. The lowest BCUT2D eigenvalue weighted by Crippen LogP contribution is -2.29. The summed E-state index contributed by atoms with van der Waals surface area (Å²) in [4.78, 5) is 18.6. The quantitative estimate of drug-likeness (QED) is 0.228. The highest BCUT2D eigenvalue weighted by molar-refractivity contribution is 7.20. The Bertz CT molecular complexity index is 965. The Morgan fingerprint density at radius 1 is 1.06 bits per heavy atom. The number of carbonyl (C=O) groups excluding carboxylic acids is 1. The molecule has 4 rings (SSSR count). The summed E-state index contributed by atoms with van der Waals surface area (Å²) in [6.45, 7) is 4.53. The maximum absolute atomic E-state index is 11.4. The highest BCUT2D eigenvalue weighted by Crippen LogP contribution is 2.31. The van der Waals surface area contributed by atoms with E-state index < -0.39 is 0 Å². The molecule has 0 atom stereocenters. The van der Waals surface area contributed by atoms with Crippen molar-refractivity contribution in [3.05, 3.63) is 54.1 Å². The van der Waals surface area contributed by atoms with Crippen LogP contribution in [-0.4, -0.2) is 41.6 Å². The van der Waals surface area contributed by atoms with Crippen molar-refractivity contribution in [3.8, 4) is 10.9 Å². The lowest BCUT2D eigenvalue weighted by molar-refractivity contribution is -0.143. The van der Waals surface area contributed by atoms with Gasteiger partial charge in [0.05, 0.1) is 16.8 Å². The monoisotopic (exact) mass is 452 g/mol. The van der Waals surface area contributed by atoms with Gasteiger partial charge in [0, 0.05) is 19.0 Å². The number of rotatable bonds is 13. The lowest BCUT2D eigenvalue weighted by atomic mass is 10.1. The van der Waals surface area contributed by atoms with Gasteiger partial charge in [0.25, 0.3) is 5.19 Å². The third-order valence-electron chi connectivity index (χ3n) is 5.79. The number of unbranched alkanes of at least 4 members (excludes halogenated alkanes) is 2. The molecule has 0 saturated heterocycles. The van der Waals surface area contributed by atoms with E-state index in [0.717, 1.165) is 60.8 Å². The van der Waals surface area contributed by atoms with Crippen molar-refractivity contribution in [2.24, 2.45) is 0 Å². The fourth-order valence-electron chi connectivity index (χ4n) is 3.90. The van der Waals surface area contributed by atoms with Gasteiger partial charge in [-0.25, -0.2) is 4.98 Å². The van der Waals surface area contributed by atoms with Gasteiger partial charge in [-0.2, -0.15) is 0 Å². The van der Waals surface area contributed by atoms with E-state index in [4.69, 9.17) is 9.47 Å². The first kappa shape index (κ1) is 22.7. The molecule has 0 radical (unpaired) electrons. The lowest BCUT2D eigenvalue weighted by Gasteiger charge is -2.22. The maximum atomic E-state index is 11.4. The topological polar surface area (TPSA) is 51.7 Å². The first-order valence-corrected chi connectivity index (χ1v) is 12.5. The van der Waals surface area contributed by atoms with E-state index in [9.17, 15) is 4.79 Å². The molecule has 1 aromatic heterocycles. The number of nitrogens with zero attached hydrogens (tertiary/aromatic N) is 2. The molecule has 1 heterocycles. The number of benzene rings is 2. The van der Waals surface area contributed by atoms with E-state index in [2.05, 4.69) is 28.1 Å². The first-order valence-electron chi connectivity index (χ1n) is 11.7. The van der Waals surface area contributed by atoms with Gasteiger partial charge in [-0.3, -0.25) is 4.79 Å². The SMILES string of the molecule is CCOC(=O)CCCCCN(CCc1ccc(Oc2nc3ccccc3s2)cc1)C1CC1. The van der Waals surface area contributed by atoms with Gasteiger partial charge in [0.15, 0.2) is 0 Å². The Kier molecular flexibility index (Phi) is 8.13. The maximum Gasteiger partial charge on any atom is 0.305 e. The summed E-state index contributed by atoms with van der Waals surface area (Å²) in [5, 5.41) is 0.682. The normalized spacial score (nSPS) is 13.6. The van der Waals surface area contributed by atoms with Crippen LogP contribution in [0, 0.1) is 0 Å². The highest BCUT2D eigenvalue weighted by Gasteiger charge is 2.28. The molecule has 0 amide bonds. The van der Waals surface area contributed by atoms with E-state index in [1.54, 1.807) is 11.3 Å². The predicted molar refractivity (Wildman–Crippen MR) is 130 cm³/mol. The van der Waals surface area contributed by atoms with Crippen molar-refractivity contribution >= 4 is 27.5 Å². The Hall–Kier alpha value is -2.44. The summed E-state index contributed by atoms with van der Waals surface area (Å²) in [5.74, 6) is 0.760. The fourth-order valence-corrected chi connectivity index (χ4v) is 4.74. The van der Waals surface area contributed by atoms with Gasteiger partial charge in [0.1, 0.15) is 5.75 Å². The standard InChI is InChI=1S/C26H32N2O3S/c1-2-30-25(29)10-4-3-7-18-28(21-13-14-21)19-17-20-11-15-22(16-12-20)31-26-27-23-8-5-6-9-24(23)32-26/h5-6,8-9,11-12,15-16,21H,2-4,7,10,13-14,17-19H2,1H3. The minimum absolute atomic E-state index is 0.0675. The Morgan fingerprint density at radius 2 is 1.88 bits per heavy atom. The molecule has 0 spiro atoms. The molecule has 1 aliphatic carbocycles. The Morgan fingerprint density at radius 3 is 2.62 bits per heavy atom. The second kappa shape index (κ2) is 11.4. The van der Waals surface area contributed by atoms with Gasteiger partial charge < -0.3 is 14.4 Å². The van der Waals surface area contributed by atoms with Crippen LogP contribution >= 0.6 is 11.3 Å². The van der Waals surface area contributed by atoms with Gasteiger partial charge in [-0.15, -0.1) is 0 Å². The third kappa shape index (κ3) is 6.78.